The van der Waals surface area contributed by atoms with Crippen molar-refractivity contribution in [1.29, 1.82) is 0 Å². The fraction of sp³-hybridized carbons (Fsp3) is 0.278. The first-order chi connectivity index (χ1) is 11.4. The van der Waals surface area contributed by atoms with Gasteiger partial charge >= 0.3 is 12.1 Å². The van der Waals surface area contributed by atoms with Crippen LogP contribution in [0, 0.1) is 0 Å². The topological polar surface area (TPSA) is 35.5 Å². The minimum atomic E-state index is -4.42. The molecule has 0 saturated carbocycles. The zero-order valence-electron chi connectivity index (χ0n) is 13.0. The van der Waals surface area contributed by atoms with Gasteiger partial charge in [-0.15, -0.1) is 0 Å². The van der Waals surface area contributed by atoms with Gasteiger partial charge in [-0.3, -0.25) is 0 Å². The minimum Gasteiger partial charge on any atom is -0.464 e. The third-order valence-corrected chi connectivity index (χ3v) is 3.27. The van der Waals surface area contributed by atoms with Gasteiger partial charge in [-0.1, -0.05) is 42.5 Å². The van der Waals surface area contributed by atoms with Gasteiger partial charge in [-0.05, 0) is 30.2 Å². The number of hydrogen-bond acceptors (Lipinski definition) is 3. The largest absolute Gasteiger partial charge is 0.464 e. The van der Waals surface area contributed by atoms with E-state index in [-0.39, 0.29) is 13.2 Å². The van der Waals surface area contributed by atoms with E-state index in [1.807, 2.05) is 0 Å². The van der Waals surface area contributed by atoms with E-state index in [0.717, 1.165) is 12.1 Å². The maximum atomic E-state index is 12.7. The number of esters is 1. The van der Waals surface area contributed by atoms with Crippen molar-refractivity contribution in [3.05, 3.63) is 71.3 Å². The number of alkyl halides is 3. The minimum absolute atomic E-state index is 0.137. The molecule has 0 aliphatic carbocycles. The fourth-order valence-electron chi connectivity index (χ4n) is 2.16. The van der Waals surface area contributed by atoms with Gasteiger partial charge in [0, 0.05) is 0 Å². The molecule has 2 rings (SSSR count). The zero-order valence-corrected chi connectivity index (χ0v) is 13.0. The molecule has 24 heavy (non-hydrogen) atoms. The first kappa shape index (κ1) is 18.0. The van der Waals surface area contributed by atoms with Crippen molar-refractivity contribution in [2.45, 2.75) is 25.8 Å². The lowest BCUT2D eigenvalue weighted by molar-refractivity contribution is -0.158. The second-order valence-electron chi connectivity index (χ2n) is 5.05. The molecule has 1 unspecified atom stereocenters. The summed E-state index contributed by atoms with van der Waals surface area (Å²) in [5.74, 6) is -0.573. The maximum absolute atomic E-state index is 12.7. The second kappa shape index (κ2) is 7.97. The number of hydrogen-bond donors (Lipinski definition) is 0. The molecule has 1 atom stereocenters. The molecule has 0 aliphatic heterocycles. The van der Waals surface area contributed by atoms with Crippen LogP contribution < -0.4 is 0 Å². The van der Waals surface area contributed by atoms with Gasteiger partial charge in [0.05, 0.1) is 18.8 Å². The maximum Gasteiger partial charge on any atom is 0.416 e. The van der Waals surface area contributed by atoms with Crippen LogP contribution in [0.5, 0.6) is 0 Å². The van der Waals surface area contributed by atoms with Gasteiger partial charge in [0.1, 0.15) is 0 Å². The molecule has 0 amide bonds. The van der Waals surface area contributed by atoms with Gasteiger partial charge in [0.25, 0.3) is 0 Å². The smallest absolute Gasteiger partial charge is 0.416 e. The summed E-state index contributed by atoms with van der Waals surface area (Å²) in [5.41, 5.74) is 0.161. The van der Waals surface area contributed by atoms with Gasteiger partial charge in [0.15, 0.2) is 6.10 Å². The van der Waals surface area contributed by atoms with Crippen molar-refractivity contribution in [3.8, 4) is 0 Å². The Morgan fingerprint density at radius 2 is 1.79 bits per heavy atom. The summed E-state index contributed by atoms with van der Waals surface area (Å²) < 4.78 is 48.8. The molecular formula is C18H17F3O3. The van der Waals surface area contributed by atoms with Gasteiger partial charge in [-0.2, -0.15) is 13.2 Å². The van der Waals surface area contributed by atoms with Crippen molar-refractivity contribution in [2.24, 2.45) is 0 Å². The molecule has 3 nitrogen and oxygen atoms in total. The highest BCUT2D eigenvalue weighted by Crippen LogP contribution is 2.30. The number of halogens is 3. The molecule has 2 aromatic carbocycles. The predicted octanol–water partition coefficient (Wildman–Crippen LogP) is 4.53. The first-order valence-corrected chi connectivity index (χ1v) is 7.41. The number of ether oxygens (including phenoxy) is 2. The highest BCUT2D eigenvalue weighted by atomic mass is 19.4. The molecule has 128 valence electrons. The van der Waals surface area contributed by atoms with Crippen LogP contribution in [0.4, 0.5) is 13.2 Å². The first-order valence-electron chi connectivity index (χ1n) is 7.41. The molecule has 0 aromatic heterocycles. The van der Waals surface area contributed by atoms with Crippen molar-refractivity contribution in [2.75, 3.05) is 6.61 Å². The van der Waals surface area contributed by atoms with E-state index >= 15 is 0 Å². The molecule has 0 N–H and O–H groups in total. The van der Waals surface area contributed by atoms with E-state index in [4.69, 9.17) is 9.47 Å². The molecule has 0 radical (unpaired) electrons. The van der Waals surface area contributed by atoms with Gasteiger partial charge in [0.2, 0.25) is 0 Å². The summed E-state index contributed by atoms with van der Waals surface area (Å²) in [6.45, 7) is 1.73. The fourth-order valence-corrected chi connectivity index (χ4v) is 2.16. The van der Waals surface area contributed by atoms with Crippen LogP contribution >= 0.6 is 0 Å². The summed E-state index contributed by atoms with van der Waals surface area (Å²) >= 11 is 0. The van der Waals surface area contributed by atoms with E-state index in [2.05, 4.69) is 0 Å². The third kappa shape index (κ3) is 4.83. The standard InChI is InChI=1S/C18H17F3O3/c1-2-23-17(22)16(14-8-4-3-5-9-14)24-12-13-7-6-10-15(11-13)18(19,20)21/h3-11,16H,2,12H2,1H3. The molecule has 0 spiro atoms. The Labute approximate surface area is 138 Å². The number of carbonyl (C=O) groups excluding carboxylic acids is 1. The van der Waals surface area contributed by atoms with E-state index < -0.39 is 23.8 Å². The van der Waals surface area contributed by atoms with E-state index in [1.54, 1.807) is 37.3 Å². The summed E-state index contributed by atoms with van der Waals surface area (Å²) in [6, 6.07) is 13.5. The third-order valence-electron chi connectivity index (χ3n) is 3.27. The predicted molar refractivity (Wildman–Crippen MR) is 82.0 cm³/mol. The van der Waals surface area contributed by atoms with Crippen LogP contribution in [0.1, 0.15) is 29.7 Å². The average molecular weight is 338 g/mol. The lowest BCUT2D eigenvalue weighted by Gasteiger charge is -2.17. The monoisotopic (exact) mass is 338 g/mol. The van der Waals surface area contributed by atoms with E-state index in [1.165, 1.54) is 12.1 Å². The molecule has 0 heterocycles. The van der Waals surface area contributed by atoms with Crippen LogP contribution in [-0.4, -0.2) is 12.6 Å². The normalized spacial score (nSPS) is 12.7. The molecule has 2 aromatic rings. The quantitative estimate of drug-likeness (QED) is 0.726. The zero-order chi connectivity index (χ0) is 17.6. The average Bonchev–Trinajstić information content (AvgIpc) is 2.56. The molecule has 0 aliphatic rings. The van der Waals surface area contributed by atoms with Crippen LogP contribution in [-0.2, 0) is 27.1 Å². The highest BCUT2D eigenvalue weighted by molar-refractivity contribution is 5.76. The lowest BCUT2D eigenvalue weighted by atomic mass is 10.1. The van der Waals surface area contributed by atoms with Crippen molar-refractivity contribution >= 4 is 5.97 Å². The molecule has 6 heteroatoms. The van der Waals surface area contributed by atoms with Crippen molar-refractivity contribution in [3.63, 3.8) is 0 Å². The Hall–Kier alpha value is -2.34. The molecule has 0 bridgehead atoms. The van der Waals surface area contributed by atoms with Crippen LogP contribution in [0.3, 0.4) is 0 Å². The Balaban J connectivity index is 2.15. The van der Waals surface area contributed by atoms with Crippen LogP contribution in [0.25, 0.3) is 0 Å². The van der Waals surface area contributed by atoms with E-state index in [9.17, 15) is 18.0 Å². The second-order valence-corrected chi connectivity index (χ2v) is 5.05. The highest BCUT2D eigenvalue weighted by Gasteiger charge is 2.30. The summed E-state index contributed by atoms with van der Waals surface area (Å²) in [6.07, 6.45) is -5.41. The summed E-state index contributed by atoms with van der Waals surface area (Å²) in [5, 5.41) is 0. The Kier molecular flexibility index (Phi) is 5.98. The SMILES string of the molecule is CCOC(=O)C(OCc1cccc(C(F)(F)F)c1)c1ccccc1. The Bertz CT molecular complexity index is 669. The molecule has 0 fully saturated rings. The number of rotatable bonds is 6. The summed E-state index contributed by atoms with van der Waals surface area (Å²) in [4.78, 5) is 12.1. The lowest BCUT2D eigenvalue weighted by Crippen LogP contribution is -2.19. The van der Waals surface area contributed by atoms with Gasteiger partial charge in [-0.25, -0.2) is 4.79 Å². The summed E-state index contributed by atoms with van der Waals surface area (Å²) in [7, 11) is 0. The van der Waals surface area contributed by atoms with E-state index in [0.29, 0.717) is 11.1 Å². The Morgan fingerprint density at radius 1 is 1.08 bits per heavy atom. The number of benzene rings is 2. The molecular weight excluding hydrogens is 321 g/mol. The Morgan fingerprint density at radius 3 is 2.42 bits per heavy atom. The van der Waals surface area contributed by atoms with Gasteiger partial charge < -0.3 is 9.47 Å². The molecule has 0 saturated heterocycles. The van der Waals surface area contributed by atoms with Crippen molar-refractivity contribution in [1.82, 2.24) is 0 Å². The van der Waals surface area contributed by atoms with Crippen LogP contribution in [0.15, 0.2) is 54.6 Å². The van der Waals surface area contributed by atoms with Crippen molar-refractivity contribution < 1.29 is 27.4 Å². The number of carbonyl (C=O) groups is 1. The van der Waals surface area contributed by atoms with Crippen LogP contribution in [0.2, 0.25) is 0 Å².